The molecule has 0 saturated carbocycles. The Labute approximate surface area is 259 Å². The Morgan fingerprint density at radius 3 is 2.00 bits per heavy atom. The molecule has 4 heteroatoms. The van der Waals surface area contributed by atoms with Gasteiger partial charge in [0.25, 0.3) is 0 Å². The predicted octanol–water partition coefficient (Wildman–Crippen LogP) is 11.2. The number of aromatic nitrogens is 3. The van der Waals surface area contributed by atoms with Crippen LogP contribution in [0.25, 0.3) is 61.3 Å². The molecule has 0 aliphatic rings. The summed E-state index contributed by atoms with van der Waals surface area (Å²) in [6.07, 6.45) is 0. The SMILES string of the molecule is CC(C)c1cc(-c2ccccc2)cc(C(C)C)c1-n1c(-c2cccc3c2oc2ccccc23)nc2nc(C(C)(C)C)ccc21. The van der Waals surface area contributed by atoms with Crippen molar-refractivity contribution < 1.29 is 4.42 Å². The normalized spacial score (nSPS) is 12.4. The molecule has 0 saturated heterocycles. The number of benzene rings is 4. The van der Waals surface area contributed by atoms with E-state index >= 15 is 0 Å². The van der Waals surface area contributed by atoms with Crippen molar-refractivity contribution in [2.75, 3.05) is 0 Å². The van der Waals surface area contributed by atoms with E-state index in [2.05, 4.69) is 138 Å². The van der Waals surface area contributed by atoms with E-state index in [9.17, 15) is 0 Å². The largest absolute Gasteiger partial charge is 0.455 e. The van der Waals surface area contributed by atoms with Crippen LogP contribution in [0.3, 0.4) is 0 Å². The average molecular weight is 578 g/mol. The van der Waals surface area contributed by atoms with Gasteiger partial charge in [-0.25, -0.2) is 9.97 Å². The van der Waals surface area contributed by atoms with Crippen molar-refractivity contribution in [3.8, 4) is 28.2 Å². The summed E-state index contributed by atoms with van der Waals surface area (Å²) >= 11 is 0. The number of fused-ring (bicyclic) bond motifs is 4. The van der Waals surface area contributed by atoms with Gasteiger partial charge in [0, 0.05) is 21.9 Å². The molecular formula is C40H39N3O. The summed E-state index contributed by atoms with van der Waals surface area (Å²) in [5.41, 5.74) is 11.6. The van der Waals surface area contributed by atoms with Crippen LogP contribution in [0.15, 0.2) is 101 Å². The maximum Gasteiger partial charge on any atom is 0.178 e. The first kappa shape index (κ1) is 28.1. The number of furan rings is 1. The van der Waals surface area contributed by atoms with E-state index in [1.807, 2.05) is 12.1 Å². The zero-order valence-electron chi connectivity index (χ0n) is 26.6. The number of hydrogen-bond donors (Lipinski definition) is 0. The lowest BCUT2D eigenvalue weighted by Gasteiger charge is -2.24. The summed E-state index contributed by atoms with van der Waals surface area (Å²) in [5, 5.41) is 2.20. The summed E-state index contributed by atoms with van der Waals surface area (Å²) in [6.45, 7) is 15.7. The van der Waals surface area contributed by atoms with E-state index < -0.39 is 0 Å². The lowest BCUT2D eigenvalue weighted by Crippen LogP contribution is -2.13. The summed E-state index contributed by atoms with van der Waals surface area (Å²) in [6, 6.07) is 34.4. The molecular weight excluding hydrogens is 538 g/mol. The Balaban J connectivity index is 1.61. The van der Waals surface area contributed by atoms with Gasteiger partial charge in [0.05, 0.1) is 16.8 Å². The molecule has 0 bridgehead atoms. The molecule has 0 amide bonds. The summed E-state index contributed by atoms with van der Waals surface area (Å²) < 4.78 is 8.92. The number of nitrogens with zero attached hydrogens (tertiary/aromatic N) is 3. The van der Waals surface area contributed by atoms with Gasteiger partial charge in [0.15, 0.2) is 11.5 Å². The van der Waals surface area contributed by atoms with Gasteiger partial charge in [-0.2, -0.15) is 0 Å². The van der Waals surface area contributed by atoms with Gasteiger partial charge >= 0.3 is 0 Å². The molecule has 0 aliphatic carbocycles. The first-order chi connectivity index (χ1) is 21.1. The predicted molar refractivity (Wildman–Crippen MR) is 184 cm³/mol. The smallest absolute Gasteiger partial charge is 0.178 e. The van der Waals surface area contributed by atoms with Crippen molar-refractivity contribution >= 4 is 33.1 Å². The highest BCUT2D eigenvalue weighted by Crippen LogP contribution is 2.42. The van der Waals surface area contributed by atoms with E-state index in [1.165, 1.54) is 27.9 Å². The molecule has 0 aliphatic heterocycles. The van der Waals surface area contributed by atoms with Gasteiger partial charge in [0.1, 0.15) is 11.2 Å². The number of pyridine rings is 1. The Hall–Kier alpha value is -4.70. The molecule has 0 fully saturated rings. The maximum atomic E-state index is 6.56. The van der Waals surface area contributed by atoms with Crippen LogP contribution in [0, 0.1) is 0 Å². The minimum atomic E-state index is -0.0968. The third kappa shape index (κ3) is 4.61. The highest BCUT2D eigenvalue weighted by molar-refractivity contribution is 6.09. The highest BCUT2D eigenvalue weighted by atomic mass is 16.3. The van der Waals surface area contributed by atoms with Crippen LogP contribution in [-0.2, 0) is 5.41 Å². The molecule has 220 valence electrons. The standard InChI is InChI=1S/C40H39N3O/c1-24(2)31-22-27(26-14-9-8-10-15-26)23-32(25(3)4)36(31)43-33-20-21-35(40(5,6)7)41-38(33)42-39(43)30-18-13-17-29-28-16-11-12-19-34(28)44-37(29)30/h8-25H,1-7H3. The third-order valence-electron chi connectivity index (χ3n) is 8.68. The molecule has 7 aromatic rings. The van der Waals surface area contributed by atoms with Crippen LogP contribution in [-0.4, -0.2) is 14.5 Å². The Morgan fingerprint density at radius 2 is 1.32 bits per heavy atom. The van der Waals surface area contributed by atoms with E-state index in [1.54, 1.807) is 0 Å². The fourth-order valence-electron chi connectivity index (χ4n) is 6.33. The minimum Gasteiger partial charge on any atom is -0.455 e. The van der Waals surface area contributed by atoms with E-state index in [-0.39, 0.29) is 17.3 Å². The van der Waals surface area contributed by atoms with Gasteiger partial charge in [-0.1, -0.05) is 109 Å². The minimum absolute atomic E-state index is 0.0968. The third-order valence-corrected chi connectivity index (χ3v) is 8.68. The summed E-state index contributed by atoms with van der Waals surface area (Å²) in [5.74, 6) is 1.40. The van der Waals surface area contributed by atoms with Crippen molar-refractivity contribution in [2.24, 2.45) is 0 Å². The first-order valence-corrected chi connectivity index (χ1v) is 15.7. The second-order valence-electron chi connectivity index (χ2n) is 13.5. The number of hydrogen-bond acceptors (Lipinski definition) is 3. The molecule has 3 heterocycles. The Kier molecular flexibility index (Phi) is 6.69. The van der Waals surface area contributed by atoms with Crippen molar-refractivity contribution in [2.45, 2.75) is 65.7 Å². The molecule has 0 N–H and O–H groups in total. The van der Waals surface area contributed by atoms with Crippen LogP contribution in [0.1, 0.15) is 77.1 Å². The van der Waals surface area contributed by atoms with Crippen LogP contribution in [0.2, 0.25) is 0 Å². The fourth-order valence-corrected chi connectivity index (χ4v) is 6.33. The summed E-state index contributed by atoms with van der Waals surface area (Å²) in [4.78, 5) is 10.5. The molecule has 4 aromatic carbocycles. The molecule has 0 unspecified atom stereocenters. The lowest BCUT2D eigenvalue weighted by atomic mass is 9.88. The molecule has 0 atom stereocenters. The molecule has 0 spiro atoms. The van der Waals surface area contributed by atoms with Gasteiger partial charge in [0.2, 0.25) is 0 Å². The van der Waals surface area contributed by atoms with Crippen LogP contribution >= 0.6 is 0 Å². The van der Waals surface area contributed by atoms with Crippen molar-refractivity contribution in [3.63, 3.8) is 0 Å². The van der Waals surface area contributed by atoms with E-state index in [4.69, 9.17) is 14.4 Å². The van der Waals surface area contributed by atoms with Crippen LogP contribution in [0.4, 0.5) is 0 Å². The first-order valence-electron chi connectivity index (χ1n) is 15.7. The second-order valence-corrected chi connectivity index (χ2v) is 13.5. The van der Waals surface area contributed by atoms with E-state index in [0.717, 1.165) is 50.2 Å². The molecule has 44 heavy (non-hydrogen) atoms. The van der Waals surface area contributed by atoms with Crippen molar-refractivity contribution in [1.82, 2.24) is 14.5 Å². The topological polar surface area (TPSA) is 43.9 Å². The molecule has 4 nitrogen and oxygen atoms in total. The second kappa shape index (κ2) is 10.5. The molecule has 0 radical (unpaired) electrons. The highest BCUT2D eigenvalue weighted by Gasteiger charge is 2.27. The van der Waals surface area contributed by atoms with Crippen LogP contribution in [0.5, 0.6) is 0 Å². The van der Waals surface area contributed by atoms with Gasteiger partial charge in [-0.05, 0) is 70.5 Å². The average Bonchev–Trinajstić information content (AvgIpc) is 3.58. The van der Waals surface area contributed by atoms with Gasteiger partial charge in [-0.3, -0.25) is 4.57 Å². The van der Waals surface area contributed by atoms with Crippen molar-refractivity contribution in [3.05, 3.63) is 114 Å². The Morgan fingerprint density at radius 1 is 0.659 bits per heavy atom. The molecule has 7 rings (SSSR count). The maximum absolute atomic E-state index is 6.56. The van der Waals surface area contributed by atoms with E-state index in [0.29, 0.717) is 0 Å². The fraction of sp³-hybridized carbons (Fsp3) is 0.250. The zero-order chi connectivity index (χ0) is 30.7. The van der Waals surface area contributed by atoms with Gasteiger partial charge in [-0.15, -0.1) is 0 Å². The summed E-state index contributed by atoms with van der Waals surface area (Å²) in [7, 11) is 0. The number of imidazole rings is 1. The number of para-hydroxylation sites is 2. The Bertz CT molecular complexity index is 2130. The molecule has 3 aromatic heterocycles. The zero-order valence-corrected chi connectivity index (χ0v) is 26.6. The quantitative estimate of drug-likeness (QED) is 0.204. The van der Waals surface area contributed by atoms with Crippen LogP contribution < -0.4 is 0 Å². The lowest BCUT2D eigenvalue weighted by molar-refractivity contribution is 0.571. The van der Waals surface area contributed by atoms with Crippen molar-refractivity contribution in [1.29, 1.82) is 0 Å². The monoisotopic (exact) mass is 577 g/mol. The van der Waals surface area contributed by atoms with Gasteiger partial charge < -0.3 is 4.42 Å². The number of rotatable bonds is 5.